The normalized spacial score (nSPS) is 11.3. The van der Waals surface area contributed by atoms with Gasteiger partial charge in [0.15, 0.2) is 0 Å². The first kappa shape index (κ1) is 14.5. The van der Waals surface area contributed by atoms with Crippen LogP contribution in [0.5, 0.6) is 0 Å². The van der Waals surface area contributed by atoms with Crippen LogP contribution >= 0.6 is 11.6 Å². The van der Waals surface area contributed by atoms with Gasteiger partial charge in [0, 0.05) is 5.02 Å². The van der Waals surface area contributed by atoms with Crippen LogP contribution in [0.15, 0.2) is 41.3 Å². The molecule has 2 aromatic carbocycles. The fraction of sp³-hybridized carbons (Fsp3) is 0. The van der Waals surface area contributed by atoms with Crippen molar-refractivity contribution in [1.82, 2.24) is 0 Å². The largest absolute Gasteiger partial charge is 0.397 e. The molecule has 0 bridgehead atoms. The zero-order valence-corrected chi connectivity index (χ0v) is 11.5. The summed E-state index contributed by atoms with van der Waals surface area (Å²) in [6.07, 6.45) is 0. The zero-order valence-electron chi connectivity index (χ0n) is 9.90. The smallest absolute Gasteiger partial charge is 0.264 e. The first-order valence-corrected chi connectivity index (χ1v) is 7.18. The topological polar surface area (TPSA) is 72.2 Å². The van der Waals surface area contributed by atoms with E-state index in [1.165, 1.54) is 18.2 Å². The first-order valence-electron chi connectivity index (χ1n) is 5.32. The Hall–Kier alpha value is -1.86. The maximum atomic E-state index is 13.5. The molecule has 0 fully saturated rings. The minimum Gasteiger partial charge on any atom is -0.397 e. The van der Waals surface area contributed by atoms with Crippen molar-refractivity contribution in [3.8, 4) is 0 Å². The molecule has 0 aliphatic rings. The quantitative estimate of drug-likeness (QED) is 0.854. The molecule has 0 saturated carbocycles. The van der Waals surface area contributed by atoms with E-state index in [0.717, 1.165) is 12.1 Å². The second-order valence-corrected chi connectivity index (χ2v) is 6.00. The van der Waals surface area contributed by atoms with Crippen molar-refractivity contribution in [1.29, 1.82) is 0 Å². The Labute approximate surface area is 119 Å². The van der Waals surface area contributed by atoms with E-state index in [1.54, 1.807) is 0 Å². The second-order valence-electron chi connectivity index (χ2n) is 3.91. The summed E-state index contributed by atoms with van der Waals surface area (Å²) in [5, 5.41) is 0.322. The van der Waals surface area contributed by atoms with Crippen molar-refractivity contribution >= 4 is 33.0 Å². The van der Waals surface area contributed by atoms with Gasteiger partial charge in [-0.3, -0.25) is 4.72 Å². The van der Waals surface area contributed by atoms with Crippen LogP contribution in [0.4, 0.5) is 20.2 Å². The number of anilines is 2. The lowest BCUT2D eigenvalue weighted by atomic mass is 10.3. The van der Waals surface area contributed by atoms with Crippen molar-refractivity contribution < 1.29 is 17.2 Å². The number of rotatable bonds is 3. The molecule has 0 saturated heterocycles. The summed E-state index contributed by atoms with van der Waals surface area (Å²) in [6, 6.07) is 6.22. The molecule has 0 aliphatic heterocycles. The van der Waals surface area contributed by atoms with Crippen LogP contribution in [0.25, 0.3) is 0 Å². The average Bonchev–Trinajstić information content (AvgIpc) is 2.35. The van der Waals surface area contributed by atoms with E-state index in [1.807, 2.05) is 0 Å². The van der Waals surface area contributed by atoms with Crippen LogP contribution in [0, 0.1) is 11.6 Å². The van der Waals surface area contributed by atoms with Crippen LogP contribution in [-0.4, -0.2) is 8.42 Å². The Morgan fingerprint density at radius 3 is 2.45 bits per heavy atom. The lowest BCUT2D eigenvalue weighted by Crippen LogP contribution is -2.16. The Balaban J connectivity index is 2.43. The lowest BCUT2D eigenvalue weighted by molar-refractivity contribution is 0.555. The minimum atomic E-state index is -4.29. The standard InChI is InChI=1S/C12H9ClF2N2O2S/c13-7-1-4-11(10(16)5-7)17-20(18,19)12-6-8(14)2-3-9(12)15/h1-6,17H,16H2. The SMILES string of the molecule is Nc1cc(Cl)ccc1NS(=O)(=O)c1cc(F)ccc1F. The van der Waals surface area contributed by atoms with Gasteiger partial charge in [-0.2, -0.15) is 0 Å². The van der Waals surface area contributed by atoms with Gasteiger partial charge in [0.25, 0.3) is 10.0 Å². The van der Waals surface area contributed by atoms with E-state index in [-0.39, 0.29) is 11.4 Å². The predicted molar refractivity (Wildman–Crippen MR) is 73.0 cm³/mol. The van der Waals surface area contributed by atoms with Gasteiger partial charge in [0.2, 0.25) is 0 Å². The summed E-state index contributed by atoms with van der Waals surface area (Å²) in [6.45, 7) is 0. The highest BCUT2D eigenvalue weighted by Gasteiger charge is 2.21. The number of nitrogen functional groups attached to an aromatic ring is 1. The maximum absolute atomic E-state index is 13.5. The number of hydrogen-bond acceptors (Lipinski definition) is 3. The number of nitrogens with one attached hydrogen (secondary N) is 1. The predicted octanol–water partition coefficient (Wildman–Crippen LogP) is 3.00. The van der Waals surface area contributed by atoms with E-state index in [2.05, 4.69) is 4.72 Å². The molecule has 0 unspecified atom stereocenters. The number of benzene rings is 2. The third-order valence-electron chi connectivity index (χ3n) is 2.44. The number of hydrogen-bond donors (Lipinski definition) is 2. The first-order chi connectivity index (χ1) is 9.29. The van der Waals surface area contributed by atoms with Crippen molar-refractivity contribution in [2.24, 2.45) is 0 Å². The van der Waals surface area contributed by atoms with Gasteiger partial charge in [-0.1, -0.05) is 11.6 Å². The fourth-order valence-corrected chi connectivity index (χ4v) is 2.87. The molecule has 0 amide bonds. The summed E-state index contributed by atoms with van der Waals surface area (Å²) in [4.78, 5) is -0.799. The summed E-state index contributed by atoms with van der Waals surface area (Å²) < 4.78 is 52.6. The molecule has 0 atom stereocenters. The highest BCUT2D eigenvalue weighted by atomic mass is 35.5. The van der Waals surface area contributed by atoms with Crippen molar-refractivity contribution in [2.75, 3.05) is 10.5 Å². The zero-order chi connectivity index (χ0) is 14.9. The minimum absolute atomic E-state index is 0.0260. The van der Waals surface area contributed by atoms with Gasteiger partial charge < -0.3 is 5.73 Å². The second kappa shape index (κ2) is 5.26. The van der Waals surface area contributed by atoms with E-state index >= 15 is 0 Å². The Morgan fingerprint density at radius 2 is 1.80 bits per heavy atom. The Bertz CT molecular complexity index is 766. The van der Waals surface area contributed by atoms with E-state index in [4.69, 9.17) is 17.3 Å². The third kappa shape index (κ3) is 3.00. The van der Waals surface area contributed by atoms with Crippen molar-refractivity contribution in [2.45, 2.75) is 4.90 Å². The van der Waals surface area contributed by atoms with E-state index < -0.39 is 26.6 Å². The molecule has 0 aromatic heterocycles. The molecular formula is C12H9ClF2N2O2S. The molecule has 106 valence electrons. The van der Waals surface area contributed by atoms with Crippen molar-refractivity contribution in [3.63, 3.8) is 0 Å². The highest BCUT2D eigenvalue weighted by molar-refractivity contribution is 7.92. The van der Waals surface area contributed by atoms with Gasteiger partial charge in [-0.15, -0.1) is 0 Å². The molecule has 0 radical (unpaired) electrons. The molecule has 0 spiro atoms. The fourth-order valence-electron chi connectivity index (χ4n) is 1.51. The average molecular weight is 319 g/mol. The van der Waals surface area contributed by atoms with E-state index in [0.29, 0.717) is 11.1 Å². The van der Waals surface area contributed by atoms with Gasteiger partial charge in [-0.25, -0.2) is 17.2 Å². The maximum Gasteiger partial charge on any atom is 0.264 e. The van der Waals surface area contributed by atoms with Crippen LogP contribution in [0.2, 0.25) is 5.02 Å². The van der Waals surface area contributed by atoms with Gasteiger partial charge in [0.05, 0.1) is 11.4 Å². The van der Waals surface area contributed by atoms with Gasteiger partial charge in [-0.05, 0) is 36.4 Å². The van der Waals surface area contributed by atoms with Crippen molar-refractivity contribution in [3.05, 3.63) is 53.1 Å². The van der Waals surface area contributed by atoms with Gasteiger partial charge >= 0.3 is 0 Å². The number of nitrogens with two attached hydrogens (primary N) is 1. The molecule has 8 heteroatoms. The highest BCUT2D eigenvalue weighted by Crippen LogP contribution is 2.26. The Morgan fingerprint density at radius 1 is 1.10 bits per heavy atom. The molecule has 2 aromatic rings. The molecule has 2 rings (SSSR count). The molecule has 0 aliphatic carbocycles. The Kier molecular flexibility index (Phi) is 3.82. The lowest BCUT2D eigenvalue weighted by Gasteiger charge is -2.11. The summed E-state index contributed by atoms with van der Waals surface area (Å²) in [5.41, 5.74) is 5.69. The van der Waals surface area contributed by atoms with Gasteiger partial charge in [0.1, 0.15) is 16.5 Å². The molecule has 20 heavy (non-hydrogen) atoms. The molecule has 3 N–H and O–H groups in total. The van der Waals surface area contributed by atoms with Crippen LogP contribution in [0.1, 0.15) is 0 Å². The summed E-state index contributed by atoms with van der Waals surface area (Å²) in [7, 11) is -4.29. The summed E-state index contributed by atoms with van der Waals surface area (Å²) in [5.74, 6) is -1.93. The molecule has 4 nitrogen and oxygen atoms in total. The monoisotopic (exact) mass is 318 g/mol. The van der Waals surface area contributed by atoms with E-state index in [9.17, 15) is 17.2 Å². The van der Waals surface area contributed by atoms with Crippen LogP contribution in [0.3, 0.4) is 0 Å². The third-order valence-corrected chi connectivity index (χ3v) is 4.06. The molecule has 0 heterocycles. The number of halogens is 3. The number of sulfonamides is 1. The molecular weight excluding hydrogens is 310 g/mol. The summed E-state index contributed by atoms with van der Waals surface area (Å²) >= 11 is 5.68. The van der Waals surface area contributed by atoms with Crippen LogP contribution < -0.4 is 10.5 Å². The van der Waals surface area contributed by atoms with Crippen LogP contribution in [-0.2, 0) is 10.0 Å².